The fourth-order valence-corrected chi connectivity index (χ4v) is 10.5. The van der Waals surface area contributed by atoms with E-state index in [2.05, 4.69) is 25.8 Å². The van der Waals surface area contributed by atoms with E-state index in [9.17, 15) is 28.0 Å². The number of morpholine rings is 1. The molecular formula is C42H47F5N12O5. The number of imidazole rings is 1. The topological polar surface area (TPSA) is 169 Å². The van der Waals surface area contributed by atoms with Crippen LogP contribution < -0.4 is 21.2 Å². The monoisotopic (exact) mass is 894 g/mol. The summed E-state index contributed by atoms with van der Waals surface area (Å²) in [6.45, 7) is 2.64. The number of carbonyl (C=O) groups is 3. The summed E-state index contributed by atoms with van der Waals surface area (Å²) in [4.78, 5) is 61.5. The van der Waals surface area contributed by atoms with Gasteiger partial charge in [-0.25, -0.2) is 36.2 Å². The van der Waals surface area contributed by atoms with Crippen molar-refractivity contribution in [2.75, 3.05) is 62.7 Å². The maximum Gasteiger partial charge on any atom is 0.329 e. The molecule has 4 saturated heterocycles. The number of imide groups is 1. The first kappa shape index (κ1) is 42.2. The Labute approximate surface area is 362 Å². The normalized spacial score (nSPS) is 25.0. The molecule has 22 heteroatoms. The van der Waals surface area contributed by atoms with E-state index in [4.69, 9.17) is 4.74 Å². The Bertz CT molecular complexity index is 2690. The van der Waals surface area contributed by atoms with Crippen molar-refractivity contribution in [1.29, 1.82) is 0 Å². The van der Waals surface area contributed by atoms with Gasteiger partial charge in [0.15, 0.2) is 11.3 Å². The van der Waals surface area contributed by atoms with Crippen molar-refractivity contribution in [3.8, 4) is 0 Å². The Kier molecular flexibility index (Phi) is 10.8. The fraction of sp³-hybridized carbons (Fsp3) is 0.548. The Balaban J connectivity index is 0.765. The lowest BCUT2D eigenvalue weighted by atomic mass is 9.84. The van der Waals surface area contributed by atoms with Crippen LogP contribution in [0, 0.1) is 5.82 Å². The van der Waals surface area contributed by atoms with Crippen molar-refractivity contribution < 1.29 is 41.1 Å². The number of amides is 3. The van der Waals surface area contributed by atoms with Gasteiger partial charge in [0, 0.05) is 76.1 Å². The van der Waals surface area contributed by atoms with E-state index in [1.54, 1.807) is 17.2 Å². The standard InChI is InChI=1S/C42H47F5N12O5/c1-53-36-29(59(41(53)63)30-8-9-33(60)51-40(30)62)7-6-27(43)34(36)23-19-56(20-23)31-10-12-55(22-42(31,46)47)24-2-4-25(5-3-24)58-21-28(35(52-58)37(44)45)49-39(61)26-18-48-57-13-11-32(50-38(26)57)54-14-16-64-17-15-54/h6-7,11,13,18,21,23-25,30-31,37H,2-5,8-10,12,14-17,19-20,22H2,1H3,(H,49,61)(H,51,60,62)/t24-,25-,30?,31?. The zero-order chi connectivity index (χ0) is 44.6. The molecule has 4 aliphatic heterocycles. The SMILES string of the molecule is Cn1c(=O)n(C2CCC(=O)NC2=O)c2ccc(F)c(C3CN(C4CCN([C@H]5CC[C@H](n6cc(NC(=O)c7cnn8ccc(N9CCOCC9)nc78)c(C(F)F)n6)CC5)CC4(F)F)C3)c21. The number of aromatic nitrogens is 7. The van der Waals surface area contributed by atoms with Crippen LogP contribution in [0.2, 0.25) is 0 Å². The van der Waals surface area contributed by atoms with E-state index < -0.39 is 71.8 Å². The smallest absolute Gasteiger partial charge is 0.329 e. The van der Waals surface area contributed by atoms with E-state index in [0.717, 1.165) is 0 Å². The number of anilines is 2. The highest BCUT2D eigenvalue weighted by molar-refractivity contribution is 6.08. The number of likely N-dealkylation sites (tertiary alicyclic amines) is 2. The molecule has 0 spiro atoms. The van der Waals surface area contributed by atoms with Crippen LogP contribution in [0.3, 0.4) is 0 Å². The minimum atomic E-state index is -3.07. The Morgan fingerprint density at radius 3 is 2.44 bits per heavy atom. The molecule has 2 atom stereocenters. The molecule has 1 aromatic carbocycles. The lowest BCUT2D eigenvalue weighted by molar-refractivity contribution is -0.151. The highest BCUT2D eigenvalue weighted by Gasteiger charge is 2.52. The van der Waals surface area contributed by atoms with E-state index >= 15 is 13.2 Å². The number of alkyl halides is 4. The number of rotatable bonds is 9. The quantitative estimate of drug-likeness (QED) is 0.162. The van der Waals surface area contributed by atoms with Gasteiger partial charge in [0.25, 0.3) is 18.3 Å². The largest absolute Gasteiger partial charge is 0.378 e. The van der Waals surface area contributed by atoms with Crippen LogP contribution in [-0.4, -0.2) is 132 Å². The first-order valence-corrected chi connectivity index (χ1v) is 21.7. The van der Waals surface area contributed by atoms with Gasteiger partial charge in [0.05, 0.1) is 54.8 Å². The molecule has 340 valence electrons. The molecule has 5 aromatic rings. The number of fused-ring (bicyclic) bond motifs is 2. The van der Waals surface area contributed by atoms with Crippen molar-refractivity contribution in [2.24, 2.45) is 7.05 Å². The summed E-state index contributed by atoms with van der Waals surface area (Å²) in [5.74, 6) is -5.16. The highest BCUT2D eigenvalue weighted by atomic mass is 19.3. The number of nitrogens with one attached hydrogen (secondary N) is 2. The second-order valence-corrected chi connectivity index (χ2v) is 17.5. The van der Waals surface area contributed by atoms with Gasteiger partial charge < -0.3 is 15.0 Å². The number of benzene rings is 1. The zero-order valence-corrected chi connectivity index (χ0v) is 34.9. The summed E-state index contributed by atoms with van der Waals surface area (Å²) < 4.78 is 87.2. The number of aryl methyl sites for hydroxylation is 1. The first-order valence-electron chi connectivity index (χ1n) is 21.7. The number of halogens is 5. The third-order valence-electron chi connectivity index (χ3n) is 13.8. The average molecular weight is 895 g/mol. The molecule has 10 rings (SSSR count). The van der Waals surface area contributed by atoms with E-state index in [-0.39, 0.29) is 66.9 Å². The van der Waals surface area contributed by atoms with Crippen molar-refractivity contribution >= 4 is 45.9 Å². The third kappa shape index (κ3) is 7.41. The molecule has 4 aromatic heterocycles. The van der Waals surface area contributed by atoms with Crippen LogP contribution in [0.15, 0.2) is 41.6 Å². The molecule has 5 aliphatic rings. The van der Waals surface area contributed by atoms with E-state index in [1.165, 1.54) is 49.9 Å². The molecule has 17 nitrogen and oxygen atoms in total. The maximum absolute atomic E-state index is 16.1. The molecule has 0 bridgehead atoms. The third-order valence-corrected chi connectivity index (χ3v) is 13.8. The zero-order valence-electron chi connectivity index (χ0n) is 34.9. The van der Waals surface area contributed by atoms with Gasteiger partial charge >= 0.3 is 5.69 Å². The first-order chi connectivity index (χ1) is 30.8. The van der Waals surface area contributed by atoms with Crippen LogP contribution in [0.5, 0.6) is 0 Å². The lowest BCUT2D eigenvalue weighted by Crippen LogP contribution is -2.64. The number of piperidine rings is 2. The van der Waals surface area contributed by atoms with Crippen molar-refractivity contribution in [2.45, 2.75) is 87.4 Å². The minimum Gasteiger partial charge on any atom is -0.378 e. The van der Waals surface area contributed by atoms with Gasteiger partial charge in [0.1, 0.15) is 23.2 Å². The Morgan fingerprint density at radius 1 is 0.969 bits per heavy atom. The summed E-state index contributed by atoms with van der Waals surface area (Å²) in [5.41, 5.74) is 0.0332. The molecule has 3 amide bonds. The van der Waals surface area contributed by atoms with E-state index in [0.29, 0.717) is 75.4 Å². The number of nitrogens with zero attached hydrogens (tertiary/aromatic N) is 10. The molecule has 8 heterocycles. The van der Waals surface area contributed by atoms with Gasteiger partial charge in [-0.15, -0.1) is 0 Å². The van der Waals surface area contributed by atoms with E-state index in [1.807, 2.05) is 9.80 Å². The average Bonchev–Trinajstić information content (AvgIpc) is 3.96. The van der Waals surface area contributed by atoms with Crippen LogP contribution in [0.1, 0.15) is 91.0 Å². The molecule has 2 unspecified atom stereocenters. The fourth-order valence-electron chi connectivity index (χ4n) is 10.5. The van der Waals surface area contributed by atoms with Crippen LogP contribution in [0.25, 0.3) is 16.7 Å². The predicted molar refractivity (Wildman–Crippen MR) is 220 cm³/mol. The Hall–Kier alpha value is -5.74. The van der Waals surface area contributed by atoms with Crippen LogP contribution in [0.4, 0.5) is 33.5 Å². The molecule has 64 heavy (non-hydrogen) atoms. The van der Waals surface area contributed by atoms with Crippen molar-refractivity contribution in [1.82, 2.24) is 48.6 Å². The molecule has 1 saturated carbocycles. The lowest BCUT2D eigenvalue weighted by Gasteiger charge is -2.51. The highest BCUT2D eigenvalue weighted by Crippen LogP contribution is 2.43. The second-order valence-electron chi connectivity index (χ2n) is 17.5. The maximum atomic E-state index is 16.1. The minimum absolute atomic E-state index is 0.0562. The van der Waals surface area contributed by atoms with Crippen molar-refractivity contribution in [3.63, 3.8) is 0 Å². The van der Waals surface area contributed by atoms with Gasteiger partial charge in [-0.3, -0.25) is 43.3 Å². The summed E-state index contributed by atoms with van der Waals surface area (Å²) in [6.07, 6.45) is 3.93. The Morgan fingerprint density at radius 2 is 1.72 bits per heavy atom. The molecule has 5 fully saturated rings. The predicted octanol–water partition coefficient (Wildman–Crippen LogP) is 4.02. The molecular weight excluding hydrogens is 848 g/mol. The summed E-state index contributed by atoms with van der Waals surface area (Å²) >= 11 is 0. The second kappa shape index (κ2) is 16.4. The number of carbonyl (C=O) groups excluding carboxylic acids is 3. The number of hydrogen-bond acceptors (Lipinski definition) is 11. The summed E-state index contributed by atoms with van der Waals surface area (Å²) in [6, 6.07) is 2.01. The number of hydrogen-bond donors (Lipinski definition) is 2. The van der Waals surface area contributed by atoms with Gasteiger partial charge in [0.2, 0.25) is 11.8 Å². The van der Waals surface area contributed by atoms with Crippen LogP contribution in [-0.2, 0) is 21.4 Å². The van der Waals surface area contributed by atoms with Crippen LogP contribution >= 0.6 is 0 Å². The van der Waals surface area contributed by atoms with Gasteiger partial charge in [-0.1, -0.05) is 0 Å². The van der Waals surface area contributed by atoms with Gasteiger partial charge in [-0.05, 0) is 56.7 Å². The summed E-state index contributed by atoms with van der Waals surface area (Å²) in [7, 11) is 1.49. The van der Waals surface area contributed by atoms with Crippen molar-refractivity contribution in [3.05, 3.63) is 69.9 Å². The molecule has 0 radical (unpaired) electrons. The molecule has 1 aliphatic carbocycles. The number of ether oxygens (including phenoxy) is 1. The van der Waals surface area contributed by atoms with Gasteiger partial charge in [-0.2, -0.15) is 10.2 Å². The molecule has 2 N–H and O–H groups in total. The summed E-state index contributed by atoms with van der Waals surface area (Å²) in [5, 5.41) is 13.3.